The van der Waals surface area contributed by atoms with Gasteiger partial charge in [-0.2, -0.15) is 0 Å². The topological polar surface area (TPSA) is 79.2 Å². The van der Waals surface area contributed by atoms with E-state index in [9.17, 15) is 10.2 Å². The van der Waals surface area contributed by atoms with Crippen LogP contribution in [-0.4, -0.2) is 35.6 Å². The van der Waals surface area contributed by atoms with E-state index in [1.165, 1.54) is 7.11 Å². The van der Waals surface area contributed by atoms with Crippen LogP contribution in [0, 0.1) is 0 Å². The van der Waals surface area contributed by atoms with Gasteiger partial charge in [-0.25, -0.2) is 0 Å². The number of benzene rings is 2. The van der Waals surface area contributed by atoms with Crippen LogP contribution < -0.4 is 9.47 Å². The second kappa shape index (κ2) is 6.95. The Balaban J connectivity index is 1.95. The third-order valence-corrected chi connectivity index (χ3v) is 4.20. The molecule has 0 aliphatic carbocycles. The first-order valence-corrected chi connectivity index (χ1v) is 7.73. The van der Waals surface area contributed by atoms with Gasteiger partial charge in [-0.05, 0) is 35.4 Å². The summed E-state index contributed by atoms with van der Waals surface area (Å²) in [6.07, 6.45) is 3.14. The minimum atomic E-state index is -0.350. The number of aliphatic hydroxyl groups is 2. The lowest BCUT2D eigenvalue weighted by Crippen LogP contribution is -2.13. The molecule has 5 heteroatoms. The van der Waals surface area contributed by atoms with Gasteiger partial charge in [0.2, 0.25) is 0 Å². The van der Waals surface area contributed by atoms with Crippen LogP contribution in [0.3, 0.4) is 0 Å². The van der Waals surface area contributed by atoms with Crippen LogP contribution in [0.1, 0.15) is 28.7 Å². The molecule has 3 rings (SSSR count). The van der Waals surface area contributed by atoms with Crippen LogP contribution in [0.2, 0.25) is 0 Å². The van der Waals surface area contributed by atoms with Crippen molar-refractivity contribution in [2.24, 2.45) is 0 Å². The maximum atomic E-state index is 9.87. The number of methoxy groups -OCH3 is 1. The van der Waals surface area contributed by atoms with Crippen molar-refractivity contribution in [2.45, 2.75) is 12.0 Å². The van der Waals surface area contributed by atoms with Crippen molar-refractivity contribution >= 4 is 6.08 Å². The smallest absolute Gasteiger partial charge is 0.160 e. The van der Waals surface area contributed by atoms with E-state index in [0.29, 0.717) is 5.75 Å². The van der Waals surface area contributed by atoms with Gasteiger partial charge in [0.1, 0.15) is 11.9 Å². The Kier molecular flexibility index (Phi) is 4.74. The van der Waals surface area contributed by atoms with Crippen LogP contribution in [0.25, 0.3) is 6.08 Å². The molecule has 1 aliphatic rings. The highest BCUT2D eigenvalue weighted by molar-refractivity contribution is 5.56. The number of ether oxygens (including phenoxy) is 2. The Hall–Kier alpha value is -2.50. The van der Waals surface area contributed by atoms with Gasteiger partial charge in [0.15, 0.2) is 11.5 Å². The lowest BCUT2D eigenvalue weighted by atomic mass is 9.91. The van der Waals surface area contributed by atoms with Gasteiger partial charge < -0.3 is 24.8 Å². The monoisotopic (exact) mass is 328 g/mol. The molecule has 0 spiro atoms. The predicted octanol–water partition coefficient (Wildman–Crippen LogP) is 2.62. The fraction of sp³-hybridized carbons (Fsp3) is 0.263. The van der Waals surface area contributed by atoms with Gasteiger partial charge in [-0.3, -0.25) is 0 Å². The van der Waals surface area contributed by atoms with Gasteiger partial charge in [0.25, 0.3) is 0 Å². The molecule has 0 bridgehead atoms. The Morgan fingerprint density at radius 1 is 1.17 bits per heavy atom. The number of fused-ring (bicyclic) bond motifs is 1. The number of phenols is 1. The summed E-state index contributed by atoms with van der Waals surface area (Å²) in [7, 11) is 1.49. The fourth-order valence-electron chi connectivity index (χ4n) is 3.00. The van der Waals surface area contributed by atoms with E-state index in [1.54, 1.807) is 24.3 Å². The van der Waals surface area contributed by atoms with E-state index in [2.05, 4.69) is 0 Å². The van der Waals surface area contributed by atoms with Gasteiger partial charge >= 0.3 is 0 Å². The van der Waals surface area contributed by atoms with Crippen molar-refractivity contribution < 1.29 is 24.8 Å². The zero-order chi connectivity index (χ0) is 17.1. The van der Waals surface area contributed by atoms with E-state index in [-0.39, 0.29) is 31.0 Å². The van der Waals surface area contributed by atoms with E-state index in [4.69, 9.17) is 14.6 Å². The molecule has 1 heterocycles. The molecule has 5 nitrogen and oxygen atoms in total. The number of phenolic OH excluding ortho intramolecular Hbond substituents is 1. The number of rotatable bonds is 5. The number of hydrogen-bond donors (Lipinski definition) is 3. The van der Waals surface area contributed by atoms with E-state index in [1.807, 2.05) is 24.3 Å². The standard InChI is InChI=1S/C19H20O5/c1-23-18-10-13(5-6-16(18)22)19-15(11-21)14-9-12(3-2-8-20)4-7-17(14)24-19/h2-7,9-10,15,19-22H,8,11H2,1H3. The fourth-order valence-corrected chi connectivity index (χ4v) is 3.00. The average Bonchev–Trinajstić information content (AvgIpc) is 2.98. The zero-order valence-corrected chi connectivity index (χ0v) is 13.3. The van der Waals surface area contributed by atoms with Crippen molar-refractivity contribution in [1.82, 2.24) is 0 Å². The largest absolute Gasteiger partial charge is 0.504 e. The molecule has 2 aromatic carbocycles. The molecule has 2 unspecified atom stereocenters. The summed E-state index contributed by atoms with van der Waals surface area (Å²) in [5.74, 6) is 0.952. The molecular formula is C19H20O5. The summed E-state index contributed by atoms with van der Waals surface area (Å²) >= 11 is 0. The van der Waals surface area contributed by atoms with Crippen LogP contribution in [-0.2, 0) is 0 Å². The highest BCUT2D eigenvalue weighted by Crippen LogP contribution is 2.47. The summed E-state index contributed by atoms with van der Waals surface area (Å²) in [6.45, 7) is -0.0824. The molecule has 0 aromatic heterocycles. The summed E-state index contributed by atoms with van der Waals surface area (Å²) in [4.78, 5) is 0. The summed E-state index contributed by atoms with van der Waals surface area (Å²) in [5.41, 5.74) is 2.69. The number of aliphatic hydroxyl groups excluding tert-OH is 2. The van der Waals surface area contributed by atoms with Gasteiger partial charge in [0, 0.05) is 5.56 Å². The molecule has 2 atom stereocenters. The number of aromatic hydroxyl groups is 1. The van der Waals surface area contributed by atoms with Crippen LogP contribution in [0.15, 0.2) is 42.5 Å². The molecule has 0 saturated carbocycles. The van der Waals surface area contributed by atoms with E-state index < -0.39 is 0 Å². The van der Waals surface area contributed by atoms with Gasteiger partial charge in [0.05, 0.1) is 26.2 Å². The molecule has 0 radical (unpaired) electrons. The average molecular weight is 328 g/mol. The van der Waals surface area contributed by atoms with Crippen LogP contribution >= 0.6 is 0 Å². The molecule has 2 aromatic rings. The summed E-state index contributed by atoms with van der Waals surface area (Å²) < 4.78 is 11.2. The lowest BCUT2D eigenvalue weighted by Gasteiger charge is -2.18. The van der Waals surface area contributed by atoms with Crippen molar-refractivity contribution in [3.8, 4) is 17.2 Å². The van der Waals surface area contributed by atoms with Gasteiger partial charge in [-0.15, -0.1) is 0 Å². The molecule has 126 valence electrons. The quantitative estimate of drug-likeness (QED) is 0.786. The third kappa shape index (κ3) is 2.96. The molecule has 0 fully saturated rings. The molecule has 1 aliphatic heterocycles. The highest BCUT2D eigenvalue weighted by Gasteiger charge is 2.35. The Morgan fingerprint density at radius 3 is 2.71 bits per heavy atom. The second-order valence-electron chi connectivity index (χ2n) is 5.64. The molecule has 0 amide bonds. The lowest BCUT2D eigenvalue weighted by molar-refractivity contribution is 0.159. The molecule has 0 saturated heterocycles. The highest BCUT2D eigenvalue weighted by atomic mass is 16.5. The van der Waals surface area contributed by atoms with Crippen molar-refractivity contribution in [1.29, 1.82) is 0 Å². The Labute approximate surface area is 140 Å². The summed E-state index contributed by atoms with van der Waals surface area (Å²) in [5, 5.41) is 28.5. The van der Waals surface area contributed by atoms with Crippen molar-refractivity contribution in [2.75, 3.05) is 20.3 Å². The van der Waals surface area contributed by atoms with E-state index >= 15 is 0 Å². The maximum Gasteiger partial charge on any atom is 0.160 e. The summed E-state index contributed by atoms with van der Waals surface area (Å²) in [6, 6.07) is 10.8. The van der Waals surface area contributed by atoms with Gasteiger partial charge in [-0.1, -0.05) is 24.3 Å². The van der Waals surface area contributed by atoms with Crippen LogP contribution in [0.4, 0.5) is 0 Å². The maximum absolute atomic E-state index is 9.87. The van der Waals surface area contributed by atoms with Crippen molar-refractivity contribution in [3.05, 3.63) is 59.2 Å². The predicted molar refractivity (Wildman–Crippen MR) is 90.4 cm³/mol. The van der Waals surface area contributed by atoms with Crippen molar-refractivity contribution in [3.63, 3.8) is 0 Å². The zero-order valence-electron chi connectivity index (χ0n) is 13.3. The molecule has 24 heavy (non-hydrogen) atoms. The second-order valence-corrected chi connectivity index (χ2v) is 5.64. The first-order valence-electron chi connectivity index (χ1n) is 7.73. The number of hydrogen-bond acceptors (Lipinski definition) is 5. The SMILES string of the molecule is COc1cc(C2Oc3ccc(C=CCO)cc3C2CO)ccc1O. The normalized spacial score (nSPS) is 19.3. The minimum Gasteiger partial charge on any atom is -0.504 e. The third-order valence-electron chi connectivity index (χ3n) is 4.20. The minimum absolute atomic E-state index is 0.0209. The molecule has 3 N–H and O–H groups in total. The van der Waals surface area contributed by atoms with Crippen LogP contribution in [0.5, 0.6) is 17.2 Å². The molecular weight excluding hydrogens is 308 g/mol. The first-order chi connectivity index (χ1) is 11.7. The van der Waals surface area contributed by atoms with E-state index in [0.717, 1.165) is 22.4 Å². The Bertz CT molecular complexity index is 753. The Morgan fingerprint density at radius 2 is 2.00 bits per heavy atom. The first kappa shape index (κ1) is 16.4.